The van der Waals surface area contributed by atoms with Gasteiger partial charge in [0.15, 0.2) is 0 Å². The Bertz CT molecular complexity index is 1180. The average Bonchev–Trinajstić information content (AvgIpc) is 3.17. The van der Waals surface area contributed by atoms with E-state index in [9.17, 15) is 9.90 Å². The van der Waals surface area contributed by atoms with Crippen LogP contribution in [0.25, 0.3) is 0 Å². The van der Waals surface area contributed by atoms with Crippen LogP contribution in [0.2, 0.25) is 0 Å². The lowest BCUT2D eigenvalue weighted by Gasteiger charge is -2.40. The number of rotatable bonds is 5. The standard InChI is InChI=1S/C26H27N5O3/c1-2-23(32)29-16-6-7-19(17-29)30-22-14-15-28-25(27)24(22)31(26(30)33)18-10-12-21(13-11-18)34-20-8-4-3-5-9-20/h2-5,8-15,19,26,33H,1,6-7,16-17H2,(H2,27,28). The van der Waals surface area contributed by atoms with E-state index in [0.29, 0.717) is 30.3 Å². The second kappa shape index (κ2) is 9.07. The summed E-state index contributed by atoms with van der Waals surface area (Å²) in [4.78, 5) is 22.0. The number of benzene rings is 2. The molecule has 2 aromatic carbocycles. The van der Waals surface area contributed by atoms with Crippen molar-refractivity contribution in [2.45, 2.75) is 25.2 Å². The first-order chi connectivity index (χ1) is 16.6. The maximum absolute atomic E-state index is 12.2. The van der Waals surface area contributed by atoms with Gasteiger partial charge < -0.3 is 25.4 Å². The van der Waals surface area contributed by atoms with Crippen molar-refractivity contribution in [3.05, 3.63) is 79.5 Å². The summed E-state index contributed by atoms with van der Waals surface area (Å²) in [5, 5.41) is 11.5. The molecule has 0 saturated carbocycles. The summed E-state index contributed by atoms with van der Waals surface area (Å²) >= 11 is 0. The van der Waals surface area contributed by atoms with Gasteiger partial charge in [-0.25, -0.2) is 4.98 Å². The number of piperidine rings is 1. The molecule has 1 aromatic heterocycles. The van der Waals surface area contributed by atoms with Crippen molar-refractivity contribution in [2.75, 3.05) is 28.6 Å². The fourth-order valence-corrected chi connectivity index (χ4v) is 4.74. The molecule has 8 heteroatoms. The average molecular weight is 458 g/mol. The largest absolute Gasteiger partial charge is 0.457 e. The monoisotopic (exact) mass is 457 g/mol. The number of amides is 1. The highest BCUT2D eigenvalue weighted by molar-refractivity contribution is 5.90. The third-order valence-corrected chi connectivity index (χ3v) is 6.30. The molecule has 2 aliphatic rings. The predicted octanol–water partition coefficient (Wildman–Crippen LogP) is 3.87. The molecule has 8 nitrogen and oxygen atoms in total. The summed E-state index contributed by atoms with van der Waals surface area (Å²) in [6.07, 6.45) is 3.67. The van der Waals surface area contributed by atoms with E-state index in [1.807, 2.05) is 65.6 Å². The third-order valence-electron chi connectivity index (χ3n) is 6.30. The van der Waals surface area contributed by atoms with E-state index in [4.69, 9.17) is 10.5 Å². The minimum Gasteiger partial charge on any atom is -0.457 e. The van der Waals surface area contributed by atoms with Gasteiger partial charge in [-0.05, 0) is 61.4 Å². The van der Waals surface area contributed by atoms with Gasteiger partial charge in [-0.1, -0.05) is 24.8 Å². The highest BCUT2D eigenvalue weighted by Crippen LogP contribution is 2.48. The second-order valence-corrected chi connectivity index (χ2v) is 8.38. The van der Waals surface area contributed by atoms with Crippen LogP contribution in [0.5, 0.6) is 11.5 Å². The van der Waals surface area contributed by atoms with Crippen LogP contribution in [0.1, 0.15) is 12.8 Å². The SMILES string of the molecule is C=CC(=O)N1CCCC(N2c3ccnc(N)c3N(c3ccc(Oc4ccccc4)cc3)C2O)C1. The van der Waals surface area contributed by atoms with Crippen LogP contribution in [0.15, 0.2) is 79.5 Å². The molecule has 0 bridgehead atoms. The summed E-state index contributed by atoms with van der Waals surface area (Å²) in [6.45, 7) is 4.79. The van der Waals surface area contributed by atoms with Gasteiger partial charge >= 0.3 is 0 Å². The first-order valence-electron chi connectivity index (χ1n) is 11.3. The number of likely N-dealkylation sites (tertiary alicyclic amines) is 1. The molecule has 3 N–H and O–H groups in total. The number of ether oxygens (including phenoxy) is 1. The van der Waals surface area contributed by atoms with Gasteiger partial charge in [0.05, 0.1) is 11.7 Å². The van der Waals surface area contributed by atoms with E-state index >= 15 is 0 Å². The van der Waals surface area contributed by atoms with Crippen LogP contribution in [-0.2, 0) is 4.79 Å². The number of aliphatic hydroxyl groups is 1. The number of aliphatic hydroxyl groups excluding tert-OH is 1. The zero-order valence-corrected chi connectivity index (χ0v) is 18.7. The summed E-state index contributed by atoms with van der Waals surface area (Å²) in [5.74, 6) is 1.67. The molecule has 34 heavy (non-hydrogen) atoms. The van der Waals surface area contributed by atoms with E-state index in [-0.39, 0.29) is 11.9 Å². The Morgan fingerprint density at radius 1 is 1.12 bits per heavy atom. The van der Waals surface area contributed by atoms with Gasteiger partial charge in [-0.2, -0.15) is 0 Å². The third kappa shape index (κ3) is 3.92. The number of hydrogen-bond acceptors (Lipinski definition) is 7. The lowest BCUT2D eigenvalue weighted by atomic mass is 10.0. The Morgan fingerprint density at radius 3 is 2.59 bits per heavy atom. The molecule has 0 aliphatic carbocycles. The van der Waals surface area contributed by atoms with Crippen molar-refractivity contribution in [1.82, 2.24) is 9.88 Å². The van der Waals surface area contributed by atoms with Crippen LogP contribution in [-0.4, -0.2) is 46.4 Å². The lowest BCUT2D eigenvalue weighted by molar-refractivity contribution is -0.127. The number of anilines is 4. The molecule has 5 rings (SSSR count). The van der Waals surface area contributed by atoms with Crippen molar-refractivity contribution in [3.8, 4) is 11.5 Å². The molecule has 1 fully saturated rings. The number of fused-ring (bicyclic) bond motifs is 1. The molecule has 1 amide bonds. The van der Waals surface area contributed by atoms with Gasteiger partial charge in [0.1, 0.15) is 23.0 Å². The zero-order chi connectivity index (χ0) is 23.7. The van der Waals surface area contributed by atoms with Gasteiger partial charge in [-0.3, -0.25) is 9.69 Å². The van der Waals surface area contributed by atoms with Gasteiger partial charge in [0, 0.05) is 25.0 Å². The quantitative estimate of drug-likeness (QED) is 0.562. The van der Waals surface area contributed by atoms with Crippen LogP contribution >= 0.6 is 0 Å². The Kier molecular flexibility index (Phi) is 5.81. The maximum atomic E-state index is 12.2. The molecule has 0 radical (unpaired) electrons. The Morgan fingerprint density at radius 2 is 1.85 bits per heavy atom. The Hall–Kier alpha value is -4.04. The first-order valence-corrected chi connectivity index (χ1v) is 11.3. The van der Waals surface area contributed by atoms with E-state index in [2.05, 4.69) is 11.6 Å². The van der Waals surface area contributed by atoms with Crippen LogP contribution in [0.4, 0.5) is 22.9 Å². The van der Waals surface area contributed by atoms with E-state index in [0.717, 1.165) is 30.0 Å². The van der Waals surface area contributed by atoms with Crippen molar-refractivity contribution in [2.24, 2.45) is 0 Å². The highest BCUT2D eigenvalue weighted by atomic mass is 16.5. The molecule has 2 unspecified atom stereocenters. The highest BCUT2D eigenvalue weighted by Gasteiger charge is 2.42. The molecule has 174 valence electrons. The summed E-state index contributed by atoms with van der Waals surface area (Å²) in [7, 11) is 0. The van der Waals surface area contributed by atoms with Crippen LogP contribution in [0.3, 0.4) is 0 Å². The van der Waals surface area contributed by atoms with Crippen molar-refractivity contribution >= 4 is 28.8 Å². The molecule has 3 heterocycles. The van der Waals surface area contributed by atoms with Crippen LogP contribution < -0.4 is 20.3 Å². The number of aromatic nitrogens is 1. The number of pyridine rings is 1. The lowest BCUT2D eigenvalue weighted by Crippen LogP contribution is -2.54. The summed E-state index contributed by atoms with van der Waals surface area (Å²) in [5.41, 5.74) is 8.49. The zero-order valence-electron chi connectivity index (χ0n) is 18.7. The van der Waals surface area contributed by atoms with Gasteiger partial charge in [-0.15, -0.1) is 0 Å². The molecule has 0 spiro atoms. The van der Waals surface area contributed by atoms with Crippen molar-refractivity contribution in [1.29, 1.82) is 0 Å². The van der Waals surface area contributed by atoms with Crippen molar-refractivity contribution in [3.63, 3.8) is 0 Å². The van der Waals surface area contributed by atoms with Gasteiger partial charge in [0.25, 0.3) is 0 Å². The number of carbonyl (C=O) groups is 1. The first kappa shape index (κ1) is 21.8. The molecular formula is C26H27N5O3. The normalized spacial score (nSPS) is 19.6. The number of para-hydroxylation sites is 1. The van der Waals surface area contributed by atoms with E-state index in [1.165, 1.54) is 6.08 Å². The summed E-state index contributed by atoms with van der Waals surface area (Å²) in [6, 6.07) is 18.8. The molecule has 2 atom stereocenters. The minimum absolute atomic E-state index is 0.0705. The minimum atomic E-state index is -0.994. The fraction of sp³-hybridized carbons (Fsp3) is 0.231. The van der Waals surface area contributed by atoms with Crippen LogP contribution in [0, 0.1) is 0 Å². The number of carbonyl (C=O) groups excluding carboxylic acids is 1. The number of hydrogen-bond donors (Lipinski definition) is 2. The van der Waals surface area contributed by atoms with E-state index < -0.39 is 6.35 Å². The molecule has 3 aromatic rings. The van der Waals surface area contributed by atoms with Crippen molar-refractivity contribution < 1.29 is 14.6 Å². The van der Waals surface area contributed by atoms with Gasteiger partial charge in [0.2, 0.25) is 12.3 Å². The number of nitrogen functional groups attached to an aromatic ring is 1. The topological polar surface area (TPSA) is 95.2 Å². The predicted molar refractivity (Wildman–Crippen MR) is 132 cm³/mol. The maximum Gasteiger partial charge on any atom is 0.246 e. The molecule has 1 saturated heterocycles. The Labute approximate surface area is 198 Å². The number of nitrogens with two attached hydrogens (primary N) is 1. The Balaban J connectivity index is 1.45. The molecular weight excluding hydrogens is 430 g/mol. The van der Waals surface area contributed by atoms with E-state index in [1.54, 1.807) is 16.0 Å². The fourth-order valence-electron chi connectivity index (χ4n) is 4.74. The smallest absolute Gasteiger partial charge is 0.246 e. The summed E-state index contributed by atoms with van der Waals surface area (Å²) < 4.78 is 5.90. The second-order valence-electron chi connectivity index (χ2n) is 8.38. The number of nitrogens with zero attached hydrogens (tertiary/aromatic N) is 4. The molecule has 2 aliphatic heterocycles.